The molecule has 9 heteroatoms. The highest BCUT2D eigenvalue weighted by molar-refractivity contribution is 7.99. The topological polar surface area (TPSA) is 99.0 Å². The summed E-state index contributed by atoms with van der Waals surface area (Å²) in [6.07, 6.45) is 1.68. The average molecular weight is 335 g/mol. The van der Waals surface area contributed by atoms with Crippen molar-refractivity contribution in [3.63, 3.8) is 0 Å². The summed E-state index contributed by atoms with van der Waals surface area (Å²) in [6, 6.07) is 5.53. The molecule has 0 fully saturated rings. The van der Waals surface area contributed by atoms with Crippen LogP contribution in [0.1, 0.15) is 6.92 Å². The SMILES string of the molecule is CCOC(=O)CNC(=O)CSc1nnc(-c2ccccn2)n1C. The number of amides is 1. The predicted octanol–water partition coefficient (Wildman–Crippen LogP) is 0.648. The van der Waals surface area contributed by atoms with Gasteiger partial charge in [0, 0.05) is 13.2 Å². The molecule has 0 unspecified atom stereocenters. The van der Waals surface area contributed by atoms with Crippen molar-refractivity contribution >= 4 is 23.6 Å². The summed E-state index contributed by atoms with van der Waals surface area (Å²) in [5.41, 5.74) is 0.709. The van der Waals surface area contributed by atoms with Gasteiger partial charge in [-0.15, -0.1) is 10.2 Å². The number of hydrogen-bond acceptors (Lipinski definition) is 7. The molecule has 0 atom stereocenters. The number of hydrogen-bond donors (Lipinski definition) is 1. The summed E-state index contributed by atoms with van der Waals surface area (Å²) in [7, 11) is 1.81. The Kier molecular flexibility index (Phi) is 6.10. The van der Waals surface area contributed by atoms with E-state index in [1.54, 1.807) is 17.7 Å². The Hall–Kier alpha value is -2.42. The van der Waals surface area contributed by atoms with Gasteiger partial charge < -0.3 is 14.6 Å². The van der Waals surface area contributed by atoms with Gasteiger partial charge in [0.05, 0.1) is 12.4 Å². The molecule has 0 aromatic carbocycles. The van der Waals surface area contributed by atoms with Crippen molar-refractivity contribution in [3.8, 4) is 11.5 Å². The molecule has 8 nitrogen and oxygen atoms in total. The lowest BCUT2D eigenvalue weighted by atomic mass is 10.3. The van der Waals surface area contributed by atoms with Crippen LogP contribution in [0.2, 0.25) is 0 Å². The average Bonchev–Trinajstić information content (AvgIpc) is 2.93. The molecule has 2 heterocycles. The minimum atomic E-state index is -0.457. The van der Waals surface area contributed by atoms with E-state index in [1.807, 2.05) is 25.2 Å². The van der Waals surface area contributed by atoms with Crippen LogP contribution < -0.4 is 5.32 Å². The number of ether oxygens (including phenoxy) is 1. The van der Waals surface area contributed by atoms with Gasteiger partial charge in [-0.05, 0) is 19.1 Å². The Morgan fingerprint density at radius 3 is 2.87 bits per heavy atom. The monoisotopic (exact) mass is 335 g/mol. The third-order valence-corrected chi connectivity index (χ3v) is 3.82. The van der Waals surface area contributed by atoms with Crippen LogP contribution in [0.15, 0.2) is 29.6 Å². The Morgan fingerprint density at radius 2 is 2.17 bits per heavy atom. The first-order chi connectivity index (χ1) is 11.1. The Bertz CT molecular complexity index is 674. The van der Waals surface area contributed by atoms with E-state index in [0.29, 0.717) is 23.3 Å². The molecule has 1 N–H and O–H groups in total. The van der Waals surface area contributed by atoms with E-state index in [4.69, 9.17) is 4.74 Å². The van der Waals surface area contributed by atoms with Crippen LogP contribution in [0.25, 0.3) is 11.5 Å². The van der Waals surface area contributed by atoms with Crippen molar-refractivity contribution in [1.29, 1.82) is 0 Å². The lowest BCUT2D eigenvalue weighted by Crippen LogP contribution is -2.31. The molecule has 0 aliphatic rings. The molecular weight excluding hydrogens is 318 g/mol. The molecular formula is C14H17N5O3S. The third-order valence-electron chi connectivity index (χ3n) is 2.80. The second kappa shape index (κ2) is 8.28. The van der Waals surface area contributed by atoms with Crippen molar-refractivity contribution in [3.05, 3.63) is 24.4 Å². The van der Waals surface area contributed by atoms with Gasteiger partial charge in [0.2, 0.25) is 5.91 Å². The van der Waals surface area contributed by atoms with E-state index < -0.39 is 5.97 Å². The molecule has 2 aromatic rings. The number of aromatic nitrogens is 4. The maximum absolute atomic E-state index is 11.7. The predicted molar refractivity (Wildman–Crippen MR) is 84.6 cm³/mol. The highest BCUT2D eigenvalue weighted by Gasteiger charge is 2.14. The zero-order valence-electron chi connectivity index (χ0n) is 12.9. The smallest absolute Gasteiger partial charge is 0.325 e. The molecule has 122 valence electrons. The van der Waals surface area contributed by atoms with Crippen LogP contribution in [-0.2, 0) is 21.4 Å². The van der Waals surface area contributed by atoms with E-state index >= 15 is 0 Å². The van der Waals surface area contributed by atoms with Crippen LogP contribution in [0.4, 0.5) is 0 Å². The van der Waals surface area contributed by atoms with Crippen LogP contribution in [0.5, 0.6) is 0 Å². The summed E-state index contributed by atoms with van der Waals surface area (Å²) in [6.45, 7) is 1.87. The Balaban J connectivity index is 1.88. The van der Waals surface area contributed by atoms with E-state index in [-0.39, 0.29) is 18.2 Å². The maximum Gasteiger partial charge on any atom is 0.325 e. The minimum absolute atomic E-state index is 0.133. The van der Waals surface area contributed by atoms with Gasteiger partial charge in [-0.25, -0.2) is 0 Å². The highest BCUT2D eigenvalue weighted by Crippen LogP contribution is 2.20. The first-order valence-electron chi connectivity index (χ1n) is 6.97. The van der Waals surface area contributed by atoms with Crippen LogP contribution in [-0.4, -0.2) is 50.5 Å². The largest absolute Gasteiger partial charge is 0.465 e. The molecule has 0 radical (unpaired) electrons. The van der Waals surface area contributed by atoms with Crippen LogP contribution in [0, 0.1) is 0 Å². The normalized spacial score (nSPS) is 10.3. The maximum atomic E-state index is 11.7. The Labute approximate surface area is 137 Å². The van der Waals surface area contributed by atoms with Crippen molar-refractivity contribution in [2.75, 3.05) is 18.9 Å². The molecule has 1 amide bonds. The summed E-state index contributed by atoms with van der Waals surface area (Å²) in [5.74, 6) is 0.0283. The highest BCUT2D eigenvalue weighted by atomic mass is 32.2. The summed E-state index contributed by atoms with van der Waals surface area (Å²) in [5, 5.41) is 11.2. The minimum Gasteiger partial charge on any atom is -0.465 e. The van der Waals surface area contributed by atoms with Gasteiger partial charge in [0.25, 0.3) is 0 Å². The first-order valence-corrected chi connectivity index (χ1v) is 7.96. The first kappa shape index (κ1) is 16.9. The number of nitrogens with one attached hydrogen (secondary N) is 1. The number of thioether (sulfide) groups is 1. The number of nitrogens with zero attached hydrogens (tertiary/aromatic N) is 4. The van der Waals surface area contributed by atoms with Gasteiger partial charge in [0.1, 0.15) is 12.2 Å². The van der Waals surface area contributed by atoms with Gasteiger partial charge in [-0.2, -0.15) is 0 Å². The Morgan fingerprint density at radius 1 is 1.35 bits per heavy atom. The summed E-state index contributed by atoms with van der Waals surface area (Å²) >= 11 is 1.23. The molecule has 0 saturated heterocycles. The third kappa shape index (κ3) is 4.78. The quantitative estimate of drug-likeness (QED) is 0.586. The van der Waals surface area contributed by atoms with Crippen molar-refractivity contribution < 1.29 is 14.3 Å². The standard InChI is InChI=1S/C14H17N5O3S/c1-3-22-12(21)8-16-11(20)9-23-14-18-17-13(19(14)2)10-6-4-5-7-15-10/h4-7H,3,8-9H2,1-2H3,(H,16,20). The van der Waals surface area contributed by atoms with E-state index in [1.165, 1.54) is 11.8 Å². The van der Waals surface area contributed by atoms with Crippen molar-refractivity contribution in [1.82, 2.24) is 25.1 Å². The van der Waals surface area contributed by atoms with Crippen LogP contribution in [0.3, 0.4) is 0 Å². The van der Waals surface area contributed by atoms with E-state index in [0.717, 1.165) is 0 Å². The molecule has 0 bridgehead atoms. The van der Waals surface area contributed by atoms with Gasteiger partial charge in [-0.3, -0.25) is 14.6 Å². The second-order valence-electron chi connectivity index (χ2n) is 4.45. The van der Waals surface area contributed by atoms with Crippen molar-refractivity contribution in [2.24, 2.45) is 7.05 Å². The van der Waals surface area contributed by atoms with Gasteiger partial charge >= 0.3 is 5.97 Å². The zero-order valence-corrected chi connectivity index (χ0v) is 13.7. The van der Waals surface area contributed by atoms with Gasteiger partial charge in [-0.1, -0.05) is 17.8 Å². The number of esters is 1. The lowest BCUT2D eigenvalue weighted by molar-refractivity contribution is -0.143. The molecule has 0 aliphatic carbocycles. The van der Waals surface area contributed by atoms with Crippen molar-refractivity contribution in [2.45, 2.75) is 12.1 Å². The molecule has 0 spiro atoms. The summed E-state index contributed by atoms with van der Waals surface area (Å²) < 4.78 is 6.50. The lowest BCUT2D eigenvalue weighted by Gasteiger charge is -2.05. The van der Waals surface area contributed by atoms with E-state index in [2.05, 4.69) is 20.5 Å². The van der Waals surface area contributed by atoms with Gasteiger partial charge in [0.15, 0.2) is 11.0 Å². The zero-order chi connectivity index (χ0) is 16.7. The fraction of sp³-hybridized carbons (Fsp3) is 0.357. The number of pyridine rings is 1. The molecule has 0 aliphatic heterocycles. The number of carbonyl (C=O) groups is 2. The molecule has 2 rings (SSSR count). The molecule has 0 saturated carbocycles. The molecule has 2 aromatic heterocycles. The number of carbonyl (C=O) groups excluding carboxylic acids is 2. The fourth-order valence-electron chi connectivity index (χ4n) is 1.72. The van der Waals surface area contributed by atoms with Crippen LogP contribution >= 0.6 is 11.8 Å². The second-order valence-corrected chi connectivity index (χ2v) is 5.39. The fourth-order valence-corrected chi connectivity index (χ4v) is 2.46. The van der Waals surface area contributed by atoms with E-state index in [9.17, 15) is 9.59 Å². The molecule has 23 heavy (non-hydrogen) atoms. The summed E-state index contributed by atoms with van der Waals surface area (Å²) in [4.78, 5) is 27.1. The number of rotatable bonds is 7.